The number of H-pyrrole nitrogens is 1. The summed E-state index contributed by atoms with van der Waals surface area (Å²) in [5, 5.41) is 23.0. The molecule has 2 aromatic heterocycles. The average Bonchev–Trinajstić information content (AvgIpc) is 3.16. The highest BCUT2D eigenvalue weighted by atomic mass is 32.2. The summed E-state index contributed by atoms with van der Waals surface area (Å²) >= 11 is 0. The number of nitrogens with one attached hydrogen (secondary N) is 3. The summed E-state index contributed by atoms with van der Waals surface area (Å²) in [4.78, 5) is 8.59. The van der Waals surface area contributed by atoms with Gasteiger partial charge in [-0.05, 0) is 56.3 Å². The first-order valence-corrected chi connectivity index (χ1v) is 11.1. The quantitative estimate of drug-likeness (QED) is 0.332. The van der Waals surface area contributed by atoms with Gasteiger partial charge in [-0.1, -0.05) is 6.07 Å². The number of rotatable bonds is 7. The third-order valence-corrected chi connectivity index (χ3v) is 7.39. The molecule has 2 heterocycles. The fourth-order valence-electron chi connectivity index (χ4n) is 2.97. The Labute approximate surface area is 183 Å². The maximum atomic E-state index is 13.6. The molecule has 0 saturated heterocycles. The number of hydrogen-bond donors (Lipinski definition) is 4. The molecule has 0 unspecified atom stereocenters. The average molecular weight is 457 g/mol. The lowest BCUT2D eigenvalue weighted by Crippen LogP contribution is -2.35. The largest absolute Gasteiger partial charge is 0.395 e. The first kappa shape index (κ1) is 21.7. The Morgan fingerprint density at radius 2 is 1.94 bits per heavy atom. The van der Waals surface area contributed by atoms with E-state index >= 15 is 0 Å². The molecule has 0 atom stereocenters. The number of aromatic amines is 1. The minimum Gasteiger partial charge on any atom is -0.395 e. The summed E-state index contributed by atoms with van der Waals surface area (Å²) in [6.07, 6.45) is 1.52. The molecule has 0 bridgehead atoms. The fourth-order valence-corrected chi connectivity index (χ4v) is 4.31. The molecule has 0 amide bonds. The van der Waals surface area contributed by atoms with Gasteiger partial charge in [0.25, 0.3) is 0 Å². The molecule has 11 heteroatoms. The third-order valence-electron chi connectivity index (χ3n) is 4.94. The van der Waals surface area contributed by atoms with Crippen molar-refractivity contribution in [1.29, 1.82) is 0 Å². The molecule has 4 rings (SSSR count). The van der Waals surface area contributed by atoms with Crippen LogP contribution in [0.15, 0.2) is 59.6 Å². The topological polar surface area (TPSA) is 133 Å². The number of aromatic nitrogens is 4. The summed E-state index contributed by atoms with van der Waals surface area (Å²) in [6, 6.07) is 12.1. The van der Waals surface area contributed by atoms with Crippen molar-refractivity contribution in [1.82, 2.24) is 20.2 Å². The van der Waals surface area contributed by atoms with Gasteiger partial charge in [-0.15, -0.1) is 0 Å². The standard InChI is InChI=1S/C21H21FN6O3S/c1-21(2,12-29)32(30,31)15-5-3-4-14(11-15)24-20-23-9-8-18(26-20)25-19-16-10-13(22)6-7-17(16)27-28-19/h3-11,29H,12H2,1-2H3,(H3,23,24,25,26,27,28). The minimum atomic E-state index is -3.76. The molecule has 0 fully saturated rings. The monoisotopic (exact) mass is 456 g/mol. The fraction of sp³-hybridized carbons (Fsp3) is 0.190. The predicted molar refractivity (Wildman–Crippen MR) is 119 cm³/mol. The van der Waals surface area contributed by atoms with Gasteiger partial charge in [-0.25, -0.2) is 17.8 Å². The number of benzene rings is 2. The zero-order valence-electron chi connectivity index (χ0n) is 17.3. The molecule has 0 aliphatic heterocycles. The normalized spacial score (nSPS) is 12.1. The van der Waals surface area contributed by atoms with Crippen molar-refractivity contribution in [2.75, 3.05) is 17.2 Å². The van der Waals surface area contributed by atoms with Crippen LogP contribution >= 0.6 is 0 Å². The number of fused-ring (bicyclic) bond motifs is 1. The molecule has 4 aromatic rings. The Kier molecular flexibility index (Phi) is 5.53. The smallest absolute Gasteiger partial charge is 0.229 e. The lowest BCUT2D eigenvalue weighted by Gasteiger charge is -2.22. The van der Waals surface area contributed by atoms with Crippen LogP contribution in [0.5, 0.6) is 0 Å². The first-order valence-electron chi connectivity index (χ1n) is 9.66. The van der Waals surface area contributed by atoms with Gasteiger partial charge >= 0.3 is 0 Å². The molecular weight excluding hydrogens is 435 g/mol. The Bertz CT molecular complexity index is 1390. The number of anilines is 4. The highest BCUT2D eigenvalue weighted by molar-refractivity contribution is 7.92. The summed E-state index contributed by atoms with van der Waals surface area (Å²) in [7, 11) is -3.76. The van der Waals surface area contributed by atoms with Gasteiger partial charge in [0.2, 0.25) is 5.95 Å². The second kappa shape index (κ2) is 8.17. The second-order valence-electron chi connectivity index (χ2n) is 7.73. The van der Waals surface area contributed by atoms with E-state index in [0.29, 0.717) is 28.2 Å². The molecule has 0 radical (unpaired) electrons. The van der Waals surface area contributed by atoms with Crippen LogP contribution < -0.4 is 10.6 Å². The molecule has 4 N–H and O–H groups in total. The molecule has 32 heavy (non-hydrogen) atoms. The zero-order valence-corrected chi connectivity index (χ0v) is 18.1. The van der Waals surface area contributed by atoms with Crippen molar-refractivity contribution < 1.29 is 17.9 Å². The molecular formula is C21H21FN6O3S. The van der Waals surface area contributed by atoms with E-state index in [0.717, 1.165) is 0 Å². The van der Waals surface area contributed by atoms with Gasteiger partial charge < -0.3 is 15.7 Å². The van der Waals surface area contributed by atoms with Crippen molar-refractivity contribution in [3.8, 4) is 0 Å². The number of nitrogens with zero attached hydrogens (tertiary/aromatic N) is 3. The van der Waals surface area contributed by atoms with E-state index in [-0.39, 0.29) is 16.7 Å². The van der Waals surface area contributed by atoms with E-state index in [2.05, 4.69) is 30.8 Å². The van der Waals surface area contributed by atoms with E-state index < -0.39 is 21.2 Å². The number of sulfone groups is 1. The van der Waals surface area contributed by atoms with Crippen LogP contribution in [0.25, 0.3) is 10.9 Å². The Morgan fingerprint density at radius 1 is 1.12 bits per heavy atom. The maximum Gasteiger partial charge on any atom is 0.229 e. The van der Waals surface area contributed by atoms with E-state index in [9.17, 15) is 17.9 Å². The Hall–Kier alpha value is -3.57. The second-order valence-corrected chi connectivity index (χ2v) is 10.3. The summed E-state index contributed by atoms with van der Waals surface area (Å²) in [5.74, 6) is 0.650. The molecule has 166 valence electrons. The van der Waals surface area contributed by atoms with Crippen LogP contribution in [0.2, 0.25) is 0 Å². The van der Waals surface area contributed by atoms with E-state index in [1.54, 1.807) is 24.3 Å². The van der Waals surface area contributed by atoms with Crippen LogP contribution in [-0.2, 0) is 9.84 Å². The maximum absolute atomic E-state index is 13.6. The van der Waals surface area contributed by atoms with Crippen LogP contribution in [0.1, 0.15) is 13.8 Å². The lowest BCUT2D eigenvalue weighted by molar-refractivity contribution is 0.258. The number of aliphatic hydroxyl groups excluding tert-OH is 1. The number of halogens is 1. The third kappa shape index (κ3) is 4.12. The Morgan fingerprint density at radius 3 is 2.72 bits per heavy atom. The highest BCUT2D eigenvalue weighted by Gasteiger charge is 2.35. The molecule has 2 aromatic carbocycles. The summed E-state index contributed by atoms with van der Waals surface area (Å²) < 4.78 is 37.8. The van der Waals surface area contributed by atoms with Crippen molar-refractivity contribution >= 4 is 44.0 Å². The van der Waals surface area contributed by atoms with Crippen LogP contribution in [0, 0.1) is 5.82 Å². The van der Waals surface area contributed by atoms with Crippen molar-refractivity contribution in [2.24, 2.45) is 0 Å². The van der Waals surface area contributed by atoms with Crippen molar-refractivity contribution in [3.63, 3.8) is 0 Å². The van der Waals surface area contributed by atoms with Gasteiger partial charge in [-0.2, -0.15) is 10.1 Å². The first-order chi connectivity index (χ1) is 15.2. The number of hydrogen-bond acceptors (Lipinski definition) is 8. The predicted octanol–water partition coefficient (Wildman–Crippen LogP) is 3.52. The molecule has 0 spiro atoms. The van der Waals surface area contributed by atoms with E-state index in [1.807, 2.05) is 0 Å². The zero-order chi connectivity index (χ0) is 22.9. The minimum absolute atomic E-state index is 0.0702. The highest BCUT2D eigenvalue weighted by Crippen LogP contribution is 2.28. The van der Waals surface area contributed by atoms with Gasteiger partial charge in [-0.3, -0.25) is 5.10 Å². The molecule has 0 saturated carbocycles. The van der Waals surface area contributed by atoms with Gasteiger partial charge in [0.1, 0.15) is 11.6 Å². The van der Waals surface area contributed by atoms with E-state index in [4.69, 9.17) is 0 Å². The van der Waals surface area contributed by atoms with E-state index in [1.165, 1.54) is 44.3 Å². The van der Waals surface area contributed by atoms with Crippen LogP contribution in [0.3, 0.4) is 0 Å². The number of aliphatic hydroxyl groups is 1. The van der Waals surface area contributed by atoms with Crippen molar-refractivity contribution in [2.45, 2.75) is 23.5 Å². The molecule has 0 aliphatic carbocycles. The van der Waals surface area contributed by atoms with Crippen LogP contribution in [0.4, 0.5) is 27.7 Å². The van der Waals surface area contributed by atoms with Gasteiger partial charge in [0.05, 0.1) is 21.8 Å². The summed E-state index contributed by atoms with van der Waals surface area (Å²) in [5.41, 5.74) is 1.13. The SMILES string of the molecule is CC(C)(CO)S(=O)(=O)c1cccc(Nc2nccc(Nc3n[nH]c4ccc(F)cc34)n2)c1. The van der Waals surface area contributed by atoms with Crippen molar-refractivity contribution in [3.05, 3.63) is 60.5 Å². The lowest BCUT2D eigenvalue weighted by atomic mass is 10.2. The summed E-state index contributed by atoms with van der Waals surface area (Å²) in [6.45, 7) is 2.42. The van der Waals surface area contributed by atoms with Gasteiger partial charge in [0.15, 0.2) is 15.7 Å². The Balaban J connectivity index is 1.58. The molecule has 0 aliphatic rings. The van der Waals surface area contributed by atoms with Gasteiger partial charge in [0, 0.05) is 17.3 Å². The molecule has 9 nitrogen and oxygen atoms in total. The van der Waals surface area contributed by atoms with Crippen LogP contribution in [-0.4, -0.2) is 45.0 Å².